The van der Waals surface area contributed by atoms with Crippen LogP contribution in [0, 0.1) is 6.92 Å². The standard InChI is InChI=1S/C20H21N3O4S2/c1-13(2)29(25,26)17-10-6-15(7-11-17)19-22-23-20(27-19)21-18(24)12-28-16-8-4-14(3)5-9-16/h4-11,13H,12H2,1-3H3,(H,21,23,24). The highest BCUT2D eigenvalue weighted by atomic mass is 32.2. The number of sulfone groups is 1. The second kappa shape index (κ2) is 8.79. The van der Waals surface area contributed by atoms with Crippen LogP contribution >= 0.6 is 11.8 Å². The van der Waals surface area contributed by atoms with E-state index in [1.807, 2.05) is 31.2 Å². The number of hydrogen-bond donors (Lipinski definition) is 1. The fraction of sp³-hybridized carbons (Fsp3) is 0.250. The Labute approximate surface area is 173 Å². The summed E-state index contributed by atoms with van der Waals surface area (Å²) in [5.74, 6) is 0.145. The van der Waals surface area contributed by atoms with E-state index in [9.17, 15) is 13.2 Å². The number of aromatic nitrogens is 2. The lowest BCUT2D eigenvalue weighted by Crippen LogP contribution is -2.14. The van der Waals surface area contributed by atoms with Crippen molar-refractivity contribution in [3.05, 3.63) is 54.1 Å². The fourth-order valence-corrected chi connectivity index (χ4v) is 4.15. The van der Waals surface area contributed by atoms with Crippen molar-refractivity contribution in [3.8, 4) is 11.5 Å². The molecule has 0 bridgehead atoms. The number of hydrogen-bond acceptors (Lipinski definition) is 7. The van der Waals surface area contributed by atoms with Crippen molar-refractivity contribution in [1.82, 2.24) is 10.2 Å². The molecule has 0 aliphatic carbocycles. The summed E-state index contributed by atoms with van der Waals surface area (Å²) in [6.07, 6.45) is 0. The highest BCUT2D eigenvalue weighted by molar-refractivity contribution is 8.00. The van der Waals surface area contributed by atoms with E-state index in [0.29, 0.717) is 5.56 Å². The van der Waals surface area contributed by atoms with Crippen LogP contribution in [-0.2, 0) is 14.6 Å². The van der Waals surface area contributed by atoms with E-state index in [4.69, 9.17) is 4.42 Å². The van der Waals surface area contributed by atoms with E-state index in [-0.39, 0.29) is 28.5 Å². The molecule has 0 fully saturated rings. The average Bonchev–Trinajstić information content (AvgIpc) is 3.16. The number of carbonyl (C=O) groups excluding carboxylic acids is 1. The van der Waals surface area contributed by atoms with Crippen molar-refractivity contribution >= 4 is 33.5 Å². The van der Waals surface area contributed by atoms with Crippen LogP contribution < -0.4 is 5.32 Å². The number of rotatable bonds is 7. The van der Waals surface area contributed by atoms with Gasteiger partial charge in [0, 0.05) is 10.5 Å². The number of nitrogens with zero attached hydrogens (tertiary/aromatic N) is 2. The largest absolute Gasteiger partial charge is 0.403 e. The van der Waals surface area contributed by atoms with Gasteiger partial charge in [0.15, 0.2) is 9.84 Å². The molecule has 0 unspecified atom stereocenters. The number of amides is 1. The SMILES string of the molecule is Cc1ccc(SCC(=O)Nc2nnc(-c3ccc(S(=O)(=O)C(C)C)cc3)o2)cc1. The molecule has 0 radical (unpaired) electrons. The molecule has 0 aliphatic rings. The van der Waals surface area contributed by atoms with Gasteiger partial charge in [-0.15, -0.1) is 16.9 Å². The number of nitrogens with one attached hydrogen (secondary N) is 1. The molecule has 9 heteroatoms. The predicted molar refractivity (Wildman–Crippen MR) is 113 cm³/mol. The minimum absolute atomic E-state index is 0.00613. The van der Waals surface area contributed by atoms with Crippen LogP contribution in [0.2, 0.25) is 0 Å². The molecule has 0 saturated heterocycles. The van der Waals surface area contributed by atoms with Crippen LogP contribution in [0.3, 0.4) is 0 Å². The zero-order valence-electron chi connectivity index (χ0n) is 16.2. The first-order valence-electron chi connectivity index (χ1n) is 8.93. The quantitative estimate of drug-likeness (QED) is 0.565. The van der Waals surface area contributed by atoms with Crippen molar-refractivity contribution in [2.45, 2.75) is 35.8 Å². The summed E-state index contributed by atoms with van der Waals surface area (Å²) in [4.78, 5) is 13.3. The molecule has 1 heterocycles. The third-order valence-corrected chi connectivity index (χ3v) is 7.30. The first kappa shape index (κ1) is 21.1. The topological polar surface area (TPSA) is 102 Å². The monoisotopic (exact) mass is 431 g/mol. The van der Waals surface area contributed by atoms with Crippen LogP contribution in [0.1, 0.15) is 19.4 Å². The van der Waals surface area contributed by atoms with Gasteiger partial charge in [-0.3, -0.25) is 10.1 Å². The van der Waals surface area contributed by atoms with E-state index in [2.05, 4.69) is 15.5 Å². The second-order valence-electron chi connectivity index (χ2n) is 6.68. The molecular formula is C20H21N3O4S2. The van der Waals surface area contributed by atoms with Crippen molar-refractivity contribution < 1.29 is 17.6 Å². The van der Waals surface area contributed by atoms with E-state index in [1.54, 1.807) is 26.0 Å². The summed E-state index contributed by atoms with van der Waals surface area (Å²) in [6, 6.07) is 14.1. The zero-order chi connectivity index (χ0) is 21.0. The van der Waals surface area contributed by atoms with Gasteiger partial charge in [0.2, 0.25) is 11.8 Å². The lowest BCUT2D eigenvalue weighted by Gasteiger charge is -2.07. The number of aryl methyl sites for hydroxylation is 1. The molecule has 1 N–H and O–H groups in total. The number of benzene rings is 2. The molecule has 152 valence electrons. The maximum absolute atomic E-state index is 12.2. The Bertz CT molecular complexity index is 1090. The Morgan fingerprint density at radius 3 is 2.34 bits per heavy atom. The van der Waals surface area contributed by atoms with Crippen LogP contribution in [-0.4, -0.2) is 35.5 Å². The molecule has 3 aromatic rings. The summed E-state index contributed by atoms with van der Waals surface area (Å²) in [6.45, 7) is 5.27. The molecule has 7 nitrogen and oxygen atoms in total. The fourth-order valence-electron chi connectivity index (χ4n) is 2.39. The number of thioether (sulfide) groups is 1. The molecule has 0 atom stereocenters. The summed E-state index contributed by atoms with van der Waals surface area (Å²) >= 11 is 1.41. The normalized spacial score (nSPS) is 11.6. The predicted octanol–water partition coefficient (Wildman–Crippen LogP) is 3.96. The van der Waals surface area contributed by atoms with E-state index in [0.717, 1.165) is 10.5 Å². The van der Waals surface area contributed by atoms with Crippen LogP contribution in [0.5, 0.6) is 0 Å². The highest BCUT2D eigenvalue weighted by Gasteiger charge is 2.19. The third-order valence-electron chi connectivity index (χ3n) is 4.11. The Balaban J connectivity index is 1.61. The Hall–Kier alpha value is -2.65. The number of carbonyl (C=O) groups is 1. The van der Waals surface area contributed by atoms with Gasteiger partial charge in [-0.05, 0) is 57.2 Å². The zero-order valence-corrected chi connectivity index (χ0v) is 17.9. The molecular weight excluding hydrogens is 410 g/mol. The maximum atomic E-state index is 12.2. The lowest BCUT2D eigenvalue weighted by atomic mass is 10.2. The minimum Gasteiger partial charge on any atom is -0.403 e. The smallest absolute Gasteiger partial charge is 0.322 e. The van der Waals surface area contributed by atoms with Gasteiger partial charge in [0.25, 0.3) is 0 Å². The molecule has 2 aromatic carbocycles. The Morgan fingerprint density at radius 2 is 1.72 bits per heavy atom. The molecule has 3 rings (SSSR count). The van der Waals surface area contributed by atoms with Crippen LogP contribution in [0.15, 0.2) is 62.7 Å². The van der Waals surface area contributed by atoms with Gasteiger partial charge >= 0.3 is 6.01 Å². The molecule has 1 aromatic heterocycles. The minimum atomic E-state index is -3.34. The Morgan fingerprint density at radius 1 is 1.07 bits per heavy atom. The summed E-state index contributed by atoms with van der Waals surface area (Å²) in [5.41, 5.74) is 1.72. The van der Waals surface area contributed by atoms with Gasteiger partial charge in [0.05, 0.1) is 15.9 Å². The van der Waals surface area contributed by atoms with E-state index < -0.39 is 15.1 Å². The molecule has 1 amide bonds. The second-order valence-corrected chi connectivity index (χ2v) is 10.2. The van der Waals surface area contributed by atoms with Crippen molar-refractivity contribution in [2.75, 3.05) is 11.1 Å². The van der Waals surface area contributed by atoms with E-state index >= 15 is 0 Å². The maximum Gasteiger partial charge on any atom is 0.322 e. The first-order valence-corrected chi connectivity index (χ1v) is 11.5. The highest BCUT2D eigenvalue weighted by Crippen LogP contribution is 2.24. The van der Waals surface area contributed by atoms with Gasteiger partial charge in [0.1, 0.15) is 0 Å². The molecule has 0 saturated carbocycles. The molecule has 0 spiro atoms. The van der Waals surface area contributed by atoms with Gasteiger partial charge in [-0.1, -0.05) is 22.8 Å². The average molecular weight is 432 g/mol. The number of anilines is 1. The van der Waals surface area contributed by atoms with Gasteiger partial charge in [-0.2, -0.15) is 0 Å². The first-order chi connectivity index (χ1) is 13.8. The summed E-state index contributed by atoms with van der Waals surface area (Å²) in [5, 5.41) is 9.79. The lowest BCUT2D eigenvalue weighted by molar-refractivity contribution is -0.113. The summed E-state index contributed by atoms with van der Waals surface area (Å²) in [7, 11) is -3.34. The van der Waals surface area contributed by atoms with Crippen molar-refractivity contribution in [1.29, 1.82) is 0 Å². The van der Waals surface area contributed by atoms with Crippen molar-refractivity contribution in [2.24, 2.45) is 0 Å². The van der Waals surface area contributed by atoms with Crippen molar-refractivity contribution in [3.63, 3.8) is 0 Å². The molecule has 0 aliphatic heterocycles. The van der Waals surface area contributed by atoms with Gasteiger partial charge < -0.3 is 4.42 Å². The van der Waals surface area contributed by atoms with Crippen LogP contribution in [0.25, 0.3) is 11.5 Å². The van der Waals surface area contributed by atoms with Gasteiger partial charge in [-0.25, -0.2) is 8.42 Å². The Kier molecular flexibility index (Phi) is 6.39. The van der Waals surface area contributed by atoms with Crippen LogP contribution in [0.4, 0.5) is 6.01 Å². The molecule has 29 heavy (non-hydrogen) atoms. The third kappa shape index (κ3) is 5.24. The van der Waals surface area contributed by atoms with E-state index in [1.165, 1.54) is 23.9 Å². The summed E-state index contributed by atoms with van der Waals surface area (Å²) < 4.78 is 29.8.